The average molecular weight is 429 g/mol. The van der Waals surface area contributed by atoms with Gasteiger partial charge in [-0.1, -0.05) is 52.9 Å². The largest absolute Gasteiger partial charge is 0.477 e. The summed E-state index contributed by atoms with van der Waals surface area (Å²) in [6.45, 7) is 6.38. The molecule has 1 aliphatic carbocycles. The van der Waals surface area contributed by atoms with E-state index in [2.05, 4.69) is 20.8 Å². The zero-order valence-electron chi connectivity index (χ0n) is 19.3. The average Bonchev–Trinajstić information content (AvgIpc) is 3.04. The molecule has 30 heavy (non-hydrogen) atoms. The first kappa shape index (κ1) is 27.1. The van der Waals surface area contributed by atoms with Crippen molar-refractivity contribution in [2.45, 2.75) is 110 Å². The number of aliphatic carboxylic acids is 1. The number of aliphatic hydroxyl groups excluding tert-OH is 1. The predicted octanol–water partition coefficient (Wildman–Crippen LogP) is 4.70. The minimum Gasteiger partial charge on any atom is -0.477 e. The van der Waals surface area contributed by atoms with Gasteiger partial charge in [0.2, 0.25) is 0 Å². The van der Waals surface area contributed by atoms with Crippen molar-refractivity contribution in [3.63, 3.8) is 0 Å². The molecular formula is C24H44O6. The number of carboxylic acids is 1. The van der Waals surface area contributed by atoms with Crippen molar-refractivity contribution in [2.75, 3.05) is 13.2 Å². The van der Waals surface area contributed by atoms with Crippen molar-refractivity contribution in [2.24, 2.45) is 17.3 Å². The molecule has 176 valence electrons. The maximum absolute atomic E-state index is 12.4. The highest BCUT2D eigenvalue weighted by molar-refractivity contribution is 5.83. The van der Waals surface area contributed by atoms with Crippen molar-refractivity contribution < 1.29 is 29.6 Å². The summed E-state index contributed by atoms with van der Waals surface area (Å²) < 4.78 is 4.90. The van der Waals surface area contributed by atoms with Gasteiger partial charge in [-0.25, -0.2) is 4.79 Å². The van der Waals surface area contributed by atoms with Crippen LogP contribution in [0.25, 0.3) is 0 Å². The second kappa shape index (κ2) is 13.4. The molecule has 1 rings (SSSR count). The molecule has 0 bridgehead atoms. The fourth-order valence-corrected chi connectivity index (χ4v) is 4.70. The zero-order valence-corrected chi connectivity index (χ0v) is 19.3. The van der Waals surface area contributed by atoms with Crippen LogP contribution in [0.1, 0.15) is 104 Å². The van der Waals surface area contributed by atoms with Crippen molar-refractivity contribution in [1.29, 1.82) is 0 Å². The molecule has 0 aliphatic heterocycles. The van der Waals surface area contributed by atoms with Crippen LogP contribution in [0.15, 0.2) is 0 Å². The molecule has 0 spiro atoms. The van der Waals surface area contributed by atoms with Gasteiger partial charge >= 0.3 is 5.97 Å². The topological polar surface area (TPSA) is 104 Å². The Labute approximate surface area is 182 Å². The molecule has 1 aliphatic rings. The van der Waals surface area contributed by atoms with Gasteiger partial charge in [0.05, 0.1) is 13.2 Å². The van der Waals surface area contributed by atoms with E-state index >= 15 is 0 Å². The highest BCUT2D eigenvalue weighted by Crippen LogP contribution is 2.38. The molecule has 0 aromatic heterocycles. The highest BCUT2D eigenvalue weighted by Gasteiger charge is 2.37. The normalized spacial score (nSPS) is 21.7. The Hall–Kier alpha value is -0.980. The van der Waals surface area contributed by atoms with Gasteiger partial charge in [-0.05, 0) is 49.9 Å². The van der Waals surface area contributed by atoms with Crippen molar-refractivity contribution in [3.05, 3.63) is 0 Å². The van der Waals surface area contributed by atoms with E-state index < -0.39 is 11.8 Å². The number of aliphatic hydroxyl groups is 2. The lowest BCUT2D eigenvalue weighted by atomic mass is 9.79. The van der Waals surface area contributed by atoms with Crippen molar-refractivity contribution in [3.8, 4) is 0 Å². The maximum atomic E-state index is 12.4. The number of unbranched alkanes of at least 4 members (excludes halogenated alkanes) is 3. The SMILES string of the molecule is CCCCC(C)(C)CCC[C@H]1CCC(=O)[C@@H]1CCCCCC(O)(OCCO)C(=O)O. The Morgan fingerprint density at radius 1 is 1.07 bits per heavy atom. The lowest BCUT2D eigenvalue weighted by molar-refractivity contribution is -0.228. The third-order valence-electron chi connectivity index (χ3n) is 6.68. The van der Waals surface area contributed by atoms with E-state index in [4.69, 9.17) is 14.9 Å². The fourth-order valence-electron chi connectivity index (χ4n) is 4.70. The van der Waals surface area contributed by atoms with Gasteiger partial charge in [-0.3, -0.25) is 4.79 Å². The molecule has 3 N–H and O–H groups in total. The van der Waals surface area contributed by atoms with Crippen LogP contribution in [0.3, 0.4) is 0 Å². The summed E-state index contributed by atoms with van der Waals surface area (Å²) in [5.74, 6) is -2.64. The summed E-state index contributed by atoms with van der Waals surface area (Å²) >= 11 is 0. The lowest BCUT2D eigenvalue weighted by Crippen LogP contribution is -2.42. The smallest absolute Gasteiger partial charge is 0.364 e. The van der Waals surface area contributed by atoms with Gasteiger partial charge < -0.3 is 20.1 Å². The summed E-state index contributed by atoms with van der Waals surface area (Å²) in [5.41, 5.74) is 0.382. The van der Waals surface area contributed by atoms with E-state index in [-0.39, 0.29) is 25.6 Å². The Balaban J connectivity index is 2.35. The van der Waals surface area contributed by atoms with Gasteiger partial charge in [0.25, 0.3) is 5.79 Å². The summed E-state index contributed by atoms with van der Waals surface area (Å²) in [5, 5.41) is 28.0. The zero-order chi connectivity index (χ0) is 22.6. The Kier molecular flexibility index (Phi) is 12.1. The number of ether oxygens (including phenoxy) is 1. The van der Waals surface area contributed by atoms with Gasteiger partial charge in [-0.2, -0.15) is 0 Å². The van der Waals surface area contributed by atoms with Crippen LogP contribution in [-0.4, -0.2) is 46.1 Å². The summed E-state index contributed by atoms with van der Waals surface area (Å²) in [6, 6.07) is 0. The number of carbonyl (C=O) groups excluding carboxylic acids is 1. The molecule has 0 aromatic rings. The second-order valence-corrected chi connectivity index (χ2v) is 9.79. The van der Waals surface area contributed by atoms with Crippen LogP contribution in [0, 0.1) is 17.3 Å². The monoisotopic (exact) mass is 428 g/mol. The molecule has 0 heterocycles. The van der Waals surface area contributed by atoms with E-state index in [0.717, 1.165) is 32.1 Å². The number of ketones is 1. The summed E-state index contributed by atoms with van der Waals surface area (Å²) in [4.78, 5) is 23.6. The second-order valence-electron chi connectivity index (χ2n) is 9.79. The van der Waals surface area contributed by atoms with Crippen LogP contribution < -0.4 is 0 Å². The molecule has 1 unspecified atom stereocenters. The van der Waals surface area contributed by atoms with Gasteiger partial charge in [0.1, 0.15) is 5.78 Å². The first-order chi connectivity index (χ1) is 14.1. The third kappa shape index (κ3) is 9.44. The highest BCUT2D eigenvalue weighted by atomic mass is 16.6. The molecule has 6 nitrogen and oxygen atoms in total. The van der Waals surface area contributed by atoms with Gasteiger partial charge in [0, 0.05) is 18.8 Å². The van der Waals surface area contributed by atoms with Crippen molar-refractivity contribution in [1.82, 2.24) is 0 Å². The minimum atomic E-state index is -2.24. The van der Waals surface area contributed by atoms with Crippen LogP contribution in [0.4, 0.5) is 0 Å². The quantitative estimate of drug-likeness (QED) is 0.229. The van der Waals surface area contributed by atoms with Gasteiger partial charge in [0.15, 0.2) is 0 Å². The number of Topliss-reactive ketones (excluding diaryl/α,β-unsaturated/α-hetero) is 1. The van der Waals surface area contributed by atoms with E-state index in [9.17, 15) is 14.7 Å². The first-order valence-corrected chi connectivity index (χ1v) is 11.9. The van der Waals surface area contributed by atoms with Crippen LogP contribution in [-0.2, 0) is 14.3 Å². The maximum Gasteiger partial charge on any atom is 0.364 e. The van der Waals surface area contributed by atoms with E-state index in [0.29, 0.717) is 30.0 Å². The molecule has 1 saturated carbocycles. The fraction of sp³-hybridized carbons (Fsp3) is 0.917. The minimum absolute atomic E-state index is 0.0166. The molecule has 3 atom stereocenters. The van der Waals surface area contributed by atoms with Crippen LogP contribution in [0.2, 0.25) is 0 Å². The van der Waals surface area contributed by atoms with E-state index in [1.165, 1.54) is 32.1 Å². The van der Waals surface area contributed by atoms with E-state index in [1.807, 2.05) is 0 Å². The molecule has 0 saturated heterocycles. The number of carboxylic acid groups (broad SMARTS) is 1. The number of hydrogen-bond acceptors (Lipinski definition) is 5. The van der Waals surface area contributed by atoms with Gasteiger partial charge in [-0.15, -0.1) is 0 Å². The summed E-state index contributed by atoms with van der Waals surface area (Å²) in [7, 11) is 0. The standard InChI is InChI=1S/C24H44O6/c1-4-5-14-23(2,3)15-9-10-19-12-13-21(26)20(19)11-7-6-8-16-24(29,22(27)28)30-18-17-25/h19-20,25,29H,4-18H2,1-3H3,(H,27,28)/t19-,20+,24?/m0/s1. The van der Waals surface area contributed by atoms with Crippen molar-refractivity contribution >= 4 is 11.8 Å². The Morgan fingerprint density at radius 3 is 2.40 bits per heavy atom. The first-order valence-electron chi connectivity index (χ1n) is 11.9. The molecule has 0 radical (unpaired) electrons. The van der Waals surface area contributed by atoms with E-state index in [1.54, 1.807) is 0 Å². The Morgan fingerprint density at radius 2 is 1.77 bits per heavy atom. The van der Waals surface area contributed by atoms with Crippen LogP contribution >= 0.6 is 0 Å². The summed E-state index contributed by atoms with van der Waals surface area (Å²) in [6.07, 6.45) is 11.9. The molecule has 1 fully saturated rings. The predicted molar refractivity (Wildman–Crippen MR) is 117 cm³/mol. The Bertz CT molecular complexity index is 518. The number of hydrogen-bond donors (Lipinski definition) is 3. The molecule has 6 heteroatoms. The number of carbonyl (C=O) groups is 2. The molecule has 0 aromatic carbocycles. The molecular weight excluding hydrogens is 384 g/mol. The third-order valence-corrected chi connectivity index (χ3v) is 6.68. The lowest BCUT2D eigenvalue weighted by Gasteiger charge is -2.26. The van der Waals surface area contributed by atoms with Crippen LogP contribution in [0.5, 0.6) is 0 Å². The molecule has 0 amide bonds. The number of rotatable bonds is 17.